The maximum atomic E-state index is 12.2. The minimum Gasteiger partial charge on any atom is -0.508 e. The molecule has 0 spiro atoms. The standard InChI is InChI=1S/C16H21N3O4/c1-3-4-14-18-19(11(2)20)16(23-14)15(22)17-10-9-12-5-7-13(21)8-6-12/h5-8,16,21H,3-4,9-10H2,1-2H3,(H,17,22). The summed E-state index contributed by atoms with van der Waals surface area (Å²) in [5, 5.41) is 17.1. The van der Waals surface area contributed by atoms with Crippen molar-refractivity contribution in [2.75, 3.05) is 6.54 Å². The first-order valence-electron chi connectivity index (χ1n) is 7.60. The first kappa shape index (κ1) is 16.8. The molecule has 1 heterocycles. The lowest BCUT2D eigenvalue weighted by atomic mass is 10.1. The highest BCUT2D eigenvalue weighted by Gasteiger charge is 2.36. The third-order valence-corrected chi connectivity index (χ3v) is 3.35. The fraction of sp³-hybridized carbons (Fsp3) is 0.438. The van der Waals surface area contributed by atoms with Crippen LogP contribution in [0.2, 0.25) is 0 Å². The van der Waals surface area contributed by atoms with Gasteiger partial charge in [-0.05, 0) is 30.5 Å². The smallest absolute Gasteiger partial charge is 0.284 e. The molecule has 2 rings (SSSR count). The second-order valence-electron chi connectivity index (χ2n) is 5.29. The average Bonchev–Trinajstić information content (AvgIpc) is 2.94. The first-order chi connectivity index (χ1) is 11.0. The van der Waals surface area contributed by atoms with E-state index in [-0.39, 0.29) is 11.7 Å². The Kier molecular flexibility index (Phi) is 5.56. The predicted octanol–water partition coefficient (Wildman–Crippen LogP) is 1.37. The van der Waals surface area contributed by atoms with Crippen LogP contribution in [0.25, 0.3) is 0 Å². The Morgan fingerprint density at radius 1 is 1.30 bits per heavy atom. The maximum absolute atomic E-state index is 12.2. The van der Waals surface area contributed by atoms with Crippen molar-refractivity contribution in [2.45, 2.75) is 39.3 Å². The van der Waals surface area contributed by atoms with Gasteiger partial charge in [0.2, 0.25) is 11.8 Å². The van der Waals surface area contributed by atoms with Crippen LogP contribution in [0.4, 0.5) is 0 Å². The first-order valence-corrected chi connectivity index (χ1v) is 7.60. The van der Waals surface area contributed by atoms with Gasteiger partial charge in [-0.3, -0.25) is 9.59 Å². The lowest BCUT2D eigenvalue weighted by Gasteiger charge is -2.18. The molecule has 1 aromatic rings. The van der Waals surface area contributed by atoms with Crippen LogP contribution >= 0.6 is 0 Å². The van der Waals surface area contributed by atoms with Crippen LogP contribution in [0.3, 0.4) is 0 Å². The van der Waals surface area contributed by atoms with Gasteiger partial charge in [-0.25, -0.2) is 0 Å². The molecule has 7 heteroatoms. The number of carbonyl (C=O) groups is 2. The topological polar surface area (TPSA) is 91.2 Å². The molecule has 0 bridgehead atoms. The summed E-state index contributed by atoms with van der Waals surface area (Å²) in [4.78, 5) is 23.8. The van der Waals surface area contributed by atoms with Gasteiger partial charge in [0.15, 0.2) is 0 Å². The zero-order valence-corrected chi connectivity index (χ0v) is 13.3. The van der Waals surface area contributed by atoms with Gasteiger partial charge in [0, 0.05) is 19.9 Å². The molecule has 0 saturated carbocycles. The van der Waals surface area contributed by atoms with E-state index in [2.05, 4.69) is 10.4 Å². The Morgan fingerprint density at radius 3 is 2.61 bits per heavy atom. The van der Waals surface area contributed by atoms with E-state index in [9.17, 15) is 14.7 Å². The van der Waals surface area contributed by atoms with E-state index in [1.165, 1.54) is 6.92 Å². The fourth-order valence-electron chi connectivity index (χ4n) is 2.18. The third kappa shape index (κ3) is 4.45. The molecule has 1 unspecified atom stereocenters. The van der Waals surface area contributed by atoms with Gasteiger partial charge in [-0.2, -0.15) is 5.01 Å². The molecule has 124 valence electrons. The average molecular weight is 319 g/mol. The highest BCUT2D eigenvalue weighted by molar-refractivity contribution is 5.91. The molecule has 2 amide bonds. The summed E-state index contributed by atoms with van der Waals surface area (Å²) in [6.45, 7) is 3.71. The molecule has 23 heavy (non-hydrogen) atoms. The number of rotatable bonds is 6. The fourth-order valence-corrected chi connectivity index (χ4v) is 2.18. The molecule has 1 aliphatic heterocycles. The molecule has 1 aromatic carbocycles. The minimum absolute atomic E-state index is 0.204. The van der Waals surface area contributed by atoms with Crippen LogP contribution in [0.5, 0.6) is 5.75 Å². The van der Waals surface area contributed by atoms with E-state index >= 15 is 0 Å². The Labute approximate surface area is 134 Å². The second-order valence-corrected chi connectivity index (χ2v) is 5.29. The summed E-state index contributed by atoms with van der Waals surface area (Å²) in [5.41, 5.74) is 0.988. The summed E-state index contributed by atoms with van der Waals surface area (Å²) in [7, 11) is 0. The minimum atomic E-state index is -1.03. The zero-order chi connectivity index (χ0) is 16.8. The van der Waals surface area contributed by atoms with Crippen LogP contribution in [-0.2, 0) is 20.7 Å². The molecule has 0 aliphatic carbocycles. The van der Waals surface area contributed by atoms with Gasteiger partial charge < -0.3 is 15.2 Å². The van der Waals surface area contributed by atoms with E-state index in [0.717, 1.165) is 17.0 Å². The zero-order valence-electron chi connectivity index (χ0n) is 13.3. The monoisotopic (exact) mass is 319 g/mol. The number of phenols is 1. The lowest BCUT2D eigenvalue weighted by Crippen LogP contribution is -2.45. The number of amides is 2. The molecule has 0 aromatic heterocycles. The van der Waals surface area contributed by atoms with Crippen LogP contribution < -0.4 is 5.32 Å². The largest absolute Gasteiger partial charge is 0.508 e. The number of nitrogens with zero attached hydrogens (tertiary/aromatic N) is 2. The van der Waals surface area contributed by atoms with Crippen LogP contribution in [0.1, 0.15) is 32.3 Å². The molecular formula is C16H21N3O4. The number of nitrogens with one attached hydrogen (secondary N) is 1. The number of benzene rings is 1. The number of hydrogen-bond acceptors (Lipinski definition) is 5. The Bertz CT molecular complexity index is 598. The van der Waals surface area contributed by atoms with Gasteiger partial charge in [0.1, 0.15) is 5.75 Å². The Morgan fingerprint density at radius 2 is 2.00 bits per heavy atom. The van der Waals surface area contributed by atoms with E-state index in [4.69, 9.17) is 4.74 Å². The Hall–Kier alpha value is -2.57. The van der Waals surface area contributed by atoms with Gasteiger partial charge >= 0.3 is 0 Å². The molecule has 0 fully saturated rings. The molecule has 1 atom stereocenters. The van der Waals surface area contributed by atoms with Gasteiger partial charge in [0.25, 0.3) is 12.1 Å². The number of carbonyl (C=O) groups excluding carboxylic acids is 2. The predicted molar refractivity (Wildman–Crippen MR) is 84.6 cm³/mol. The highest BCUT2D eigenvalue weighted by atomic mass is 16.5. The number of ether oxygens (including phenoxy) is 1. The molecule has 0 radical (unpaired) electrons. The summed E-state index contributed by atoms with van der Waals surface area (Å²) in [6.07, 6.45) is 0.983. The van der Waals surface area contributed by atoms with Crippen molar-refractivity contribution in [1.82, 2.24) is 10.3 Å². The number of phenolic OH excluding ortho intramolecular Hbond substituents is 1. The molecule has 7 nitrogen and oxygen atoms in total. The Balaban J connectivity index is 1.87. The van der Waals surface area contributed by atoms with E-state index < -0.39 is 12.1 Å². The SMILES string of the molecule is CCCC1=NN(C(C)=O)C(C(=O)NCCc2ccc(O)cc2)O1. The van der Waals surface area contributed by atoms with Crippen molar-refractivity contribution in [1.29, 1.82) is 0 Å². The van der Waals surface area contributed by atoms with Crippen LogP contribution in [-0.4, -0.2) is 40.6 Å². The summed E-state index contributed by atoms with van der Waals surface area (Å²) in [5.74, 6) is -0.125. The normalized spacial score (nSPS) is 16.7. The van der Waals surface area contributed by atoms with Crippen molar-refractivity contribution in [2.24, 2.45) is 5.10 Å². The number of hydrazone groups is 1. The maximum Gasteiger partial charge on any atom is 0.284 e. The summed E-state index contributed by atoms with van der Waals surface area (Å²) < 4.78 is 5.47. The van der Waals surface area contributed by atoms with Gasteiger partial charge in [-0.15, -0.1) is 5.10 Å². The quantitative estimate of drug-likeness (QED) is 0.828. The molecule has 2 N–H and O–H groups in total. The van der Waals surface area contributed by atoms with E-state index in [1.807, 2.05) is 6.92 Å². The van der Waals surface area contributed by atoms with Crippen molar-refractivity contribution in [3.63, 3.8) is 0 Å². The highest BCUT2D eigenvalue weighted by Crippen LogP contribution is 2.16. The van der Waals surface area contributed by atoms with Crippen LogP contribution in [0, 0.1) is 0 Å². The number of aromatic hydroxyl groups is 1. The van der Waals surface area contributed by atoms with E-state index in [1.54, 1.807) is 24.3 Å². The molecule has 1 aliphatic rings. The summed E-state index contributed by atoms with van der Waals surface area (Å²) >= 11 is 0. The molecular weight excluding hydrogens is 298 g/mol. The lowest BCUT2D eigenvalue weighted by molar-refractivity contribution is -0.146. The number of hydrogen-bond donors (Lipinski definition) is 2. The van der Waals surface area contributed by atoms with Crippen molar-refractivity contribution >= 4 is 17.7 Å². The van der Waals surface area contributed by atoms with Crippen molar-refractivity contribution < 1.29 is 19.4 Å². The van der Waals surface area contributed by atoms with Gasteiger partial charge in [-0.1, -0.05) is 19.1 Å². The second kappa shape index (κ2) is 7.62. The third-order valence-electron chi connectivity index (χ3n) is 3.35. The van der Waals surface area contributed by atoms with Gasteiger partial charge in [0.05, 0.1) is 0 Å². The van der Waals surface area contributed by atoms with E-state index in [0.29, 0.717) is 25.3 Å². The summed E-state index contributed by atoms with van der Waals surface area (Å²) in [6, 6.07) is 6.77. The van der Waals surface area contributed by atoms with Crippen molar-refractivity contribution in [3.05, 3.63) is 29.8 Å². The molecule has 0 saturated heterocycles. The van der Waals surface area contributed by atoms with Crippen molar-refractivity contribution in [3.8, 4) is 5.75 Å². The van der Waals surface area contributed by atoms with Crippen LogP contribution in [0.15, 0.2) is 29.4 Å².